The molecule has 0 spiro atoms. The van der Waals surface area contributed by atoms with Crippen LogP contribution in [0.15, 0.2) is 0 Å². The molecule has 2 aliphatic carbocycles. The van der Waals surface area contributed by atoms with Crippen LogP contribution < -0.4 is 0 Å². The fourth-order valence-electron chi connectivity index (χ4n) is 5.17. The maximum atomic E-state index is 13.3. The van der Waals surface area contributed by atoms with Gasteiger partial charge < -0.3 is 10.2 Å². The molecule has 0 saturated heterocycles. The highest BCUT2D eigenvalue weighted by atomic mass is 19.4. The van der Waals surface area contributed by atoms with Gasteiger partial charge in [-0.3, -0.25) is 0 Å². The number of aliphatic hydroxyl groups is 2. The van der Waals surface area contributed by atoms with Crippen molar-refractivity contribution in [3.05, 3.63) is 0 Å². The van der Waals surface area contributed by atoms with E-state index < -0.39 is 85.3 Å². The number of rotatable bonds is 2. The number of alkyl halides is 12. The summed E-state index contributed by atoms with van der Waals surface area (Å²) in [4.78, 5) is 0. The largest absolute Gasteiger partial charge is 0.426 e. The highest BCUT2D eigenvalue weighted by molar-refractivity contribution is 5.10. The Morgan fingerprint density at radius 1 is 0.433 bits per heavy atom. The Morgan fingerprint density at radius 3 is 0.867 bits per heavy atom. The smallest absolute Gasteiger partial charge is 0.373 e. The Bertz CT molecular complexity index is 536. The summed E-state index contributed by atoms with van der Waals surface area (Å²) < 4.78 is 159. The van der Waals surface area contributed by atoms with Crippen LogP contribution in [0.2, 0.25) is 0 Å². The van der Waals surface area contributed by atoms with Crippen molar-refractivity contribution in [3.63, 3.8) is 0 Å². The second-order valence-corrected chi connectivity index (χ2v) is 7.93. The maximum absolute atomic E-state index is 13.3. The standard InChI is InChI=1S/C16H18F12O2/c17-13(18,19)11(29,14(20,21)22)9-5-6-10(8-4-2-1-3-7(8)9)12(30,15(23,24)25)16(26,27)28/h7-10,29-30H,1-6H2/t7-,8?,9?,10?/m0/s1. The van der Waals surface area contributed by atoms with Crippen LogP contribution in [0.3, 0.4) is 0 Å². The van der Waals surface area contributed by atoms with E-state index in [4.69, 9.17) is 0 Å². The van der Waals surface area contributed by atoms with Gasteiger partial charge in [0.2, 0.25) is 0 Å². The average molecular weight is 470 g/mol. The summed E-state index contributed by atoms with van der Waals surface area (Å²) in [5, 5.41) is 19.4. The van der Waals surface area contributed by atoms with Gasteiger partial charge in [0.1, 0.15) is 0 Å². The summed E-state index contributed by atoms with van der Waals surface area (Å²) in [5.74, 6) is -9.27. The summed E-state index contributed by atoms with van der Waals surface area (Å²) in [5.41, 5.74) is -10.6. The highest BCUT2D eigenvalue weighted by Crippen LogP contribution is 2.62. The lowest BCUT2D eigenvalue weighted by Gasteiger charge is -2.54. The second kappa shape index (κ2) is 7.31. The van der Waals surface area contributed by atoms with Gasteiger partial charge in [0.15, 0.2) is 0 Å². The lowest BCUT2D eigenvalue weighted by Crippen LogP contribution is -2.69. The Balaban J connectivity index is 2.58. The third-order valence-electron chi connectivity index (χ3n) is 6.50. The molecular formula is C16H18F12O2. The van der Waals surface area contributed by atoms with Crippen LogP contribution in [0.4, 0.5) is 52.7 Å². The summed E-state index contributed by atoms with van der Waals surface area (Å²) in [6.07, 6.45) is -29.0. The minimum atomic E-state index is -6.25. The SMILES string of the molecule is OC(C1CCC(C(O)(C(F)(F)F)C(F)(F)F)[C@H]2CCCCC12)(C(F)(F)F)C(F)(F)F. The molecule has 2 fully saturated rings. The molecule has 2 N–H and O–H groups in total. The van der Waals surface area contributed by atoms with Crippen LogP contribution in [-0.4, -0.2) is 46.1 Å². The molecule has 0 bridgehead atoms. The lowest BCUT2D eigenvalue weighted by atomic mass is 9.54. The molecule has 0 aromatic carbocycles. The third-order valence-corrected chi connectivity index (χ3v) is 6.50. The van der Waals surface area contributed by atoms with Crippen molar-refractivity contribution in [2.45, 2.75) is 74.4 Å². The predicted octanol–water partition coefficient (Wildman–Crippen LogP) is 5.53. The highest BCUT2D eigenvalue weighted by Gasteiger charge is 2.79. The fourth-order valence-corrected chi connectivity index (χ4v) is 5.17. The molecule has 0 aromatic heterocycles. The molecule has 0 amide bonds. The molecule has 0 heterocycles. The first kappa shape index (κ1) is 25.3. The number of hydrogen-bond donors (Lipinski definition) is 2. The van der Waals surface area contributed by atoms with Crippen LogP contribution >= 0.6 is 0 Å². The Labute approximate surface area is 162 Å². The summed E-state index contributed by atoms with van der Waals surface area (Å²) in [6, 6.07) is 0. The summed E-state index contributed by atoms with van der Waals surface area (Å²) >= 11 is 0. The van der Waals surface area contributed by atoms with Gasteiger partial charge in [-0.05, 0) is 37.5 Å². The second-order valence-electron chi connectivity index (χ2n) is 7.93. The molecule has 14 heteroatoms. The average Bonchev–Trinajstić information content (AvgIpc) is 2.55. The van der Waals surface area contributed by atoms with Gasteiger partial charge in [0, 0.05) is 11.8 Å². The molecule has 0 aliphatic heterocycles. The monoisotopic (exact) mass is 470 g/mol. The molecule has 178 valence electrons. The quantitative estimate of drug-likeness (QED) is 0.522. The van der Waals surface area contributed by atoms with Crippen molar-refractivity contribution in [1.82, 2.24) is 0 Å². The molecule has 2 nitrogen and oxygen atoms in total. The number of fused-ring (bicyclic) bond motifs is 1. The van der Waals surface area contributed by atoms with Crippen LogP contribution in [0.25, 0.3) is 0 Å². The van der Waals surface area contributed by atoms with E-state index in [9.17, 15) is 62.9 Å². The zero-order chi connectivity index (χ0) is 23.6. The van der Waals surface area contributed by atoms with Crippen molar-refractivity contribution in [2.75, 3.05) is 0 Å². The minimum Gasteiger partial charge on any atom is -0.373 e. The van der Waals surface area contributed by atoms with Crippen molar-refractivity contribution in [1.29, 1.82) is 0 Å². The van der Waals surface area contributed by atoms with E-state index in [0.717, 1.165) is 0 Å². The molecule has 2 saturated carbocycles. The van der Waals surface area contributed by atoms with Crippen molar-refractivity contribution < 1.29 is 62.9 Å². The van der Waals surface area contributed by atoms with E-state index in [-0.39, 0.29) is 12.8 Å². The van der Waals surface area contributed by atoms with E-state index >= 15 is 0 Å². The van der Waals surface area contributed by atoms with Gasteiger partial charge in [-0.25, -0.2) is 0 Å². The first-order valence-corrected chi connectivity index (χ1v) is 8.93. The zero-order valence-electron chi connectivity index (χ0n) is 15.0. The topological polar surface area (TPSA) is 40.5 Å². The lowest BCUT2D eigenvalue weighted by molar-refractivity contribution is -0.409. The van der Waals surface area contributed by atoms with Gasteiger partial charge in [-0.15, -0.1) is 0 Å². The van der Waals surface area contributed by atoms with Crippen molar-refractivity contribution >= 4 is 0 Å². The number of hydrogen-bond acceptors (Lipinski definition) is 2. The molecule has 2 rings (SSSR count). The van der Waals surface area contributed by atoms with Crippen LogP contribution in [0.1, 0.15) is 38.5 Å². The summed E-state index contributed by atoms with van der Waals surface area (Å²) in [7, 11) is 0. The van der Waals surface area contributed by atoms with Crippen LogP contribution in [0.5, 0.6) is 0 Å². The van der Waals surface area contributed by atoms with Crippen LogP contribution in [0, 0.1) is 23.7 Å². The van der Waals surface area contributed by atoms with E-state index in [1.165, 1.54) is 0 Å². The molecule has 30 heavy (non-hydrogen) atoms. The first-order chi connectivity index (χ1) is 13.2. The Morgan fingerprint density at radius 2 is 0.667 bits per heavy atom. The molecule has 0 aromatic rings. The van der Waals surface area contributed by atoms with E-state index in [1.54, 1.807) is 0 Å². The maximum Gasteiger partial charge on any atom is 0.426 e. The van der Waals surface area contributed by atoms with Gasteiger partial charge in [-0.2, -0.15) is 52.7 Å². The fraction of sp³-hybridized carbons (Fsp3) is 1.00. The van der Waals surface area contributed by atoms with Gasteiger partial charge >= 0.3 is 24.7 Å². The predicted molar refractivity (Wildman–Crippen MR) is 75.8 cm³/mol. The molecular weight excluding hydrogens is 452 g/mol. The molecule has 0 radical (unpaired) electrons. The Kier molecular flexibility index (Phi) is 6.17. The van der Waals surface area contributed by atoms with Gasteiger partial charge in [-0.1, -0.05) is 12.8 Å². The zero-order valence-corrected chi connectivity index (χ0v) is 15.0. The first-order valence-electron chi connectivity index (χ1n) is 8.93. The van der Waals surface area contributed by atoms with E-state index in [0.29, 0.717) is 0 Å². The number of halogens is 12. The normalized spacial score (nSPS) is 30.2. The van der Waals surface area contributed by atoms with Crippen LogP contribution in [-0.2, 0) is 0 Å². The third kappa shape index (κ3) is 3.65. The van der Waals surface area contributed by atoms with Crippen molar-refractivity contribution in [2.24, 2.45) is 23.7 Å². The van der Waals surface area contributed by atoms with Gasteiger partial charge in [0.25, 0.3) is 11.2 Å². The minimum absolute atomic E-state index is 0.0351. The van der Waals surface area contributed by atoms with E-state index in [1.807, 2.05) is 0 Å². The van der Waals surface area contributed by atoms with Crippen molar-refractivity contribution in [3.8, 4) is 0 Å². The van der Waals surface area contributed by atoms with E-state index in [2.05, 4.69) is 0 Å². The molecule has 4 atom stereocenters. The molecule has 3 unspecified atom stereocenters. The molecule has 2 aliphatic rings. The summed E-state index contributed by atoms with van der Waals surface area (Å²) in [6.45, 7) is 0. The Hall–Kier alpha value is -0.920. The van der Waals surface area contributed by atoms with Gasteiger partial charge in [0.05, 0.1) is 0 Å².